The molecule has 0 atom stereocenters. The first-order chi connectivity index (χ1) is 11.0. The summed E-state index contributed by atoms with van der Waals surface area (Å²) in [6.07, 6.45) is 1.17. The number of amides is 1. The summed E-state index contributed by atoms with van der Waals surface area (Å²) >= 11 is 0. The van der Waals surface area contributed by atoms with E-state index in [1.54, 1.807) is 18.2 Å². The Kier molecular flexibility index (Phi) is 4.35. The highest BCUT2D eigenvalue weighted by Gasteiger charge is 2.10. The Bertz CT molecular complexity index is 849. The Morgan fingerprint density at radius 1 is 1.13 bits per heavy atom. The van der Waals surface area contributed by atoms with Crippen molar-refractivity contribution in [1.29, 1.82) is 0 Å². The number of rotatable bonds is 6. The van der Waals surface area contributed by atoms with Gasteiger partial charge in [0.05, 0.1) is 0 Å². The summed E-state index contributed by atoms with van der Waals surface area (Å²) in [5.74, 6) is 0.280. The molecule has 0 saturated carbocycles. The van der Waals surface area contributed by atoms with Crippen LogP contribution in [0, 0.1) is 5.92 Å². The first kappa shape index (κ1) is 15.6. The molecule has 0 bridgehead atoms. The number of hydrogen-bond acceptors (Lipinski definition) is 3. The number of benzene rings is 2. The molecular weight excluding hydrogens is 288 g/mol. The fraction of sp³-hybridized carbons (Fsp3) is 0.316. The third-order valence-electron chi connectivity index (χ3n) is 4.05. The van der Waals surface area contributed by atoms with Crippen LogP contribution >= 0.6 is 0 Å². The Morgan fingerprint density at radius 2 is 1.83 bits per heavy atom. The van der Waals surface area contributed by atoms with Gasteiger partial charge >= 0.3 is 0 Å². The van der Waals surface area contributed by atoms with Crippen molar-refractivity contribution in [3.05, 3.63) is 47.5 Å². The maximum absolute atomic E-state index is 11.4. The predicted molar refractivity (Wildman–Crippen MR) is 93.4 cm³/mol. The molecule has 0 aliphatic heterocycles. The van der Waals surface area contributed by atoms with Gasteiger partial charge in [0, 0.05) is 22.9 Å². The van der Waals surface area contributed by atoms with Crippen molar-refractivity contribution < 1.29 is 9.21 Å². The number of hydrogen-bond donors (Lipinski definition) is 2. The molecule has 1 heterocycles. The molecule has 0 unspecified atom stereocenters. The van der Waals surface area contributed by atoms with Crippen LogP contribution < -0.4 is 11.1 Å². The maximum atomic E-state index is 11.4. The predicted octanol–water partition coefficient (Wildman–Crippen LogP) is 3.82. The van der Waals surface area contributed by atoms with E-state index in [2.05, 4.69) is 31.3 Å². The molecule has 4 heteroatoms. The zero-order valence-electron chi connectivity index (χ0n) is 13.6. The minimum Gasteiger partial charge on any atom is -0.456 e. The lowest BCUT2D eigenvalue weighted by atomic mass is 10.1. The fourth-order valence-electron chi connectivity index (χ4n) is 2.71. The number of carbonyl (C=O) groups excluding carboxylic acids is 1. The van der Waals surface area contributed by atoms with Crippen molar-refractivity contribution in [3.63, 3.8) is 0 Å². The van der Waals surface area contributed by atoms with E-state index < -0.39 is 5.91 Å². The molecular formula is C19H22N2O2. The van der Waals surface area contributed by atoms with Gasteiger partial charge < -0.3 is 15.5 Å². The van der Waals surface area contributed by atoms with Crippen molar-refractivity contribution in [2.45, 2.75) is 26.8 Å². The molecule has 0 aliphatic carbocycles. The molecule has 3 N–H and O–H groups in total. The first-order valence-corrected chi connectivity index (χ1v) is 8.00. The van der Waals surface area contributed by atoms with Gasteiger partial charge in [-0.25, -0.2) is 0 Å². The van der Waals surface area contributed by atoms with E-state index in [9.17, 15) is 4.79 Å². The van der Waals surface area contributed by atoms with Crippen molar-refractivity contribution in [3.8, 4) is 0 Å². The zero-order valence-corrected chi connectivity index (χ0v) is 13.6. The van der Waals surface area contributed by atoms with Crippen LogP contribution in [0.25, 0.3) is 21.9 Å². The molecule has 120 valence electrons. The van der Waals surface area contributed by atoms with E-state index in [1.165, 1.54) is 12.0 Å². The number of fused-ring (bicyclic) bond motifs is 3. The SMILES string of the molecule is CC(C)CCNCc1ccc2oc3ccc(C(N)=O)cc3c2c1. The topological polar surface area (TPSA) is 68.3 Å². The molecule has 23 heavy (non-hydrogen) atoms. The third kappa shape index (κ3) is 3.37. The highest BCUT2D eigenvalue weighted by molar-refractivity contribution is 6.08. The second kappa shape index (κ2) is 6.42. The summed E-state index contributed by atoms with van der Waals surface area (Å²) in [6, 6.07) is 11.5. The van der Waals surface area contributed by atoms with Gasteiger partial charge in [-0.15, -0.1) is 0 Å². The summed E-state index contributed by atoms with van der Waals surface area (Å²) in [6.45, 7) is 6.28. The van der Waals surface area contributed by atoms with Gasteiger partial charge in [0.15, 0.2) is 0 Å². The molecule has 0 radical (unpaired) electrons. The number of primary amides is 1. The zero-order chi connectivity index (χ0) is 16.4. The first-order valence-electron chi connectivity index (χ1n) is 8.00. The van der Waals surface area contributed by atoms with Gasteiger partial charge in [0.25, 0.3) is 0 Å². The number of carbonyl (C=O) groups is 1. The van der Waals surface area contributed by atoms with Crippen molar-refractivity contribution >= 4 is 27.8 Å². The van der Waals surface area contributed by atoms with E-state index in [0.717, 1.165) is 35.0 Å². The minimum absolute atomic E-state index is 0.423. The van der Waals surface area contributed by atoms with Crippen LogP contribution in [0.1, 0.15) is 36.2 Å². The molecule has 3 aromatic rings. The second-order valence-electron chi connectivity index (χ2n) is 6.37. The summed E-state index contributed by atoms with van der Waals surface area (Å²) in [7, 11) is 0. The quantitative estimate of drug-likeness (QED) is 0.680. The van der Waals surface area contributed by atoms with E-state index >= 15 is 0 Å². The average molecular weight is 310 g/mol. The van der Waals surface area contributed by atoms with Crippen LogP contribution in [0.2, 0.25) is 0 Å². The largest absolute Gasteiger partial charge is 0.456 e. The summed E-state index contributed by atoms with van der Waals surface area (Å²) in [5.41, 5.74) is 8.68. The Labute approximate surface area is 135 Å². The molecule has 3 rings (SSSR count). The van der Waals surface area contributed by atoms with E-state index in [4.69, 9.17) is 10.2 Å². The Balaban J connectivity index is 1.89. The summed E-state index contributed by atoms with van der Waals surface area (Å²) in [4.78, 5) is 11.4. The summed E-state index contributed by atoms with van der Waals surface area (Å²) < 4.78 is 5.83. The van der Waals surface area contributed by atoms with Gasteiger partial charge in [0.2, 0.25) is 5.91 Å². The summed E-state index contributed by atoms with van der Waals surface area (Å²) in [5, 5.41) is 5.41. The lowest BCUT2D eigenvalue weighted by Gasteiger charge is -2.07. The van der Waals surface area contributed by atoms with Crippen molar-refractivity contribution in [2.75, 3.05) is 6.54 Å². The maximum Gasteiger partial charge on any atom is 0.248 e. The van der Waals surface area contributed by atoms with Crippen molar-refractivity contribution in [1.82, 2.24) is 5.32 Å². The van der Waals surface area contributed by atoms with Gasteiger partial charge in [-0.05, 0) is 54.8 Å². The highest BCUT2D eigenvalue weighted by Crippen LogP contribution is 2.30. The smallest absolute Gasteiger partial charge is 0.248 e. The number of nitrogens with one attached hydrogen (secondary N) is 1. The molecule has 0 spiro atoms. The molecule has 2 aromatic carbocycles. The van der Waals surface area contributed by atoms with Crippen LogP contribution in [-0.2, 0) is 6.54 Å². The molecule has 0 aliphatic rings. The Hall–Kier alpha value is -2.33. The van der Waals surface area contributed by atoms with Gasteiger partial charge in [-0.3, -0.25) is 4.79 Å². The van der Waals surface area contributed by atoms with Crippen molar-refractivity contribution in [2.24, 2.45) is 11.7 Å². The normalized spacial score (nSPS) is 11.6. The molecule has 0 saturated heterocycles. The van der Waals surface area contributed by atoms with Gasteiger partial charge in [-0.1, -0.05) is 19.9 Å². The minimum atomic E-state index is -0.423. The van der Waals surface area contributed by atoms with Crippen LogP contribution in [-0.4, -0.2) is 12.5 Å². The van der Waals surface area contributed by atoms with Gasteiger partial charge in [-0.2, -0.15) is 0 Å². The lowest BCUT2D eigenvalue weighted by Crippen LogP contribution is -2.16. The average Bonchev–Trinajstić information content (AvgIpc) is 2.88. The number of nitrogens with two attached hydrogens (primary N) is 1. The van der Waals surface area contributed by atoms with Crippen LogP contribution in [0.15, 0.2) is 40.8 Å². The highest BCUT2D eigenvalue weighted by atomic mass is 16.3. The third-order valence-corrected chi connectivity index (χ3v) is 4.05. The van der Waals surface area contributed by atoms with Crippen LogP contribution in [0.5, 0.6) is 0 Å². The standard InChI is InChI=1S/C19H22N2O2/c1-12(2)7-8-21-11-13-3-5-17-15(9-13)16-10-14(19(20)22)4-6-18(16)23-17/h3-6,9-10,12,21H,7-8,11H2,1-2H3,(H2,20,22). The molecule has 0 fully saturated rings. The molecule has 1 aromatic heterocycles. The Morgan fingerprint density at radius 3 is 2.52 bits per heavy atom. The van der Waals surface area contributed by atoms with E-state index in [-0.39, 0.29) is 0 Å². The van der Waals surface area contributed by atoms with Crippen LogP contribution in [0.4, 0.5) is 0 Å². The van der Waals surface area contributed by atoms with Crippen LogP contribution in [0.3, 0.4) is 0 Å². The molecule has 4 nitrogen and oxygen atoms in total. The van der Waals surface area contributed by atoms with Gasteiger partial charge in [0.1, 0.15) is 11.2 Å². The lowest BCUT2D eigenvalue weighted by molar-refractivity contribution is 0.100. The molecule has 1 amide bonds. The van der Waals surface area contributed by atoms with E-state index in [0.29, 0.717) is 11.5 Å². The monoisotopic (exact) mass is 310 g/mol. The second-order valence-corrected chi connectivity index (χ2v) is 6.37. The fourth-order valence-corrected chi connectivity index (χ4v) is 2.71. The van der Waals surface area contributed by atoms with E-state index in [1.807, 2.05) is 6.07 Å². The number of furan rings is 1.